The fourth-order valence-electron chi connectivity index (χ4n) is 4.58. The Balaban J connectivity index is 1.37. The van der Waals surface area contributed by atoms with E-state index in [0.717, 1.165) is 49.9 Å². The maximum atomic E-state index is 8.84. The summed E-state index contributed by atoms with van der Waals surface area (Å²) in [5, 5.41) is 8.84. The molecule has 2 heterocycles. The van der Waals surface area contributed by atoms with Gasteiger partial charge in [0.15, 0.2) is 0 Å². The summed E-state index contributed by atoms with van der Waals surface area (Å²) in [4.78, 5) is 9.50. The molecule has 1 aromatic rings. The van der Waals surface area contributed by atoms with Crippen molar-refractivity contribution in [3.63, 3.8) is 0 Å². The van der Waals surface area contributed by atoms with Gasteiger partial charge in [0.05, 0.1) is 5.56 Å². The van der Waals surface area contributed by atoms with E-state index in [-0.39, 0.29) is 0 Å². The Labute approximate surface area is 126 Å². The van der Waals surface area contributed by atoms with E-state index < -0.39 is 0 Å². The molecule has 0 radical (unpaired) electrons. The van der Waals surface area contributed by atoms with E-state index in [1.807, 2.05) is 12.1 Å². The third-order valence-corrected chi connectivity index (χ3v) is 5.69. The second kappa shape index (κ2) is 5.31. The molecule has 0 aromatic carbocycles. The summed E-state index contributed by atoms with van der Waals surface area (Å²) in [7, 11) is 0. The molecule has 3 unspecified atom stereocenters. The molecule has 110 valence electrons. The molecule has 4 nitrogen and oxygen atoms in total. The largest absolute Gasteiger partial charge is 0.354 e. The van der Waals surface area contributed by atoms with Crippen LogP contribution in [0.25, 0.3) is 0 Å². The van der Waals surface area contributed by atoms with Crippen molar-refractivity contribution in [2.45, 2.75) is 31.7 Å². The van der Waals surface area contributed by atoms with Crippen LogP contribution in [0, 0.1) is 23.2 Å². The standard InChI is InChI=1S/C17H22N4/c18-11-14-2-4-17(19-12-14)21-7-5-20(6-8-21)16-10-13-1-3-15(16)9-13/h2,4,12-13,15-16H,1,3,5-10H2. The van der Waals surface area contributed by atoms with Gasteiger partial charge in [-0.2, -0.15) is 5.26 Å². The van der Waals surface area contributed by atoms with Gasteiger partial charge in [0.1, 0.15) is 11.9 Å². The van der Waals surface area contributed by atoms with Crippen LogP contribution in [0.5, 0.6) is 0 Å². The van der Waals surface area contributed by atoms with Crippen LogP contribution in [-0.4, -0.2) is 42.1 Å². The van der Waals surface area contributed by atoms with Crippen molar-refractivity contribution in [3.05, 3.63) is 23.9 Å². The average Bonchev–Trinajstić information content (AvgIpc) is 3.18. The number of piperazine rings is 1. The maximum absolute atomic E-state index is 8.84. The van der Waals surface area contributed by atoms with E-state index in [2.05, 4.69) is 20.9 Å². The second-order valence-electron chi connectivity index (χ2n) is 6.78. The van der Waals surface area contributed by atoms with Gasteiger partial charge in [-0.15, -0.1) is 0 Å². The molecular weight excluding hydrogens is 260 g/mol. The number of anilines is 1. The van der Waals surface area contributed by atoms with E-state index in [4.69, 9.17) is 5.26 Å². The third-order valence-electron chi connectivity index (χ3n) is 5.69. The van der Waals surface area contributed by atoms with Crippen molar-refractivity contribution in [1.82, 2.24) is 9.88 Å². The lowest BCUT2D eigenvalue weighted by atomic mass is 9.93. The summed E-state index contributed by atoms with van der Waals surface area (Å²) < 4.78 is 0. The van der Waals surface area contributed by atoms with Crippen molar-refractivity contribution in [3.8, 4) is 6.07 Å². The van der Waals surface area contributed by atoms with Gasteiger partial charge in [-0.3, -0.25) is 4.90 Å². The summed E-state index contributed by atoms with van der Waals surface area (Å²) in [6, 6.07) is 6.83. The first-order valence-electron chi connectivity index (χ1n) is 8.18. The summed E-state index contributed by atoms with van der Waals surface area (Å²) >= 11 is 0. The van der Waals surface area contributed by atoms with Crippen LogP contribution in [-0.2, 0) is 0 Å². The summed E-state index contributed by atoms with van der Waals surface area (Å²) in [5.74, 6) is 3.02. The highest BCUT2D eigenvalue weighted by molar-refractivity contribution is 5.42. The van der Waals surface area contributed by atoms with Crippen LogP contribution in [0.4, 0.5) is 5.82 Å². The van der Waals surface area contributed by atoms with Gasteiger partial charge in [0.2, 0.25) is 0 Å². The molecular formula is C17H22N4. The van der Waals surface area contributed by atoms with Crippen LogP contribution in [0.2, 0.25) is 0 Å². The lowest BCUT2D eigenvalue weighted by molar-refractivity contribution is 0.134. The van der Waals surface area contributed by atoms with Gasteiger partial charge in [-0.25, -0.2) is 4.98 Å². The Hall–Kier alpha value is -1.60. The van der Waals surface area contributed by atoms with Gasteiger partial charge in [-0.05, 0) is 43.2 Å². The van der Waals surface area contributed by atoms with Gasteiger partial charge >= 0.3 is 0 Å². The molecule has 3 aliphatic rings. The number of aromatic nitrogens is 1. The minimum absolute atomic E-state index is 0.638. The molecule has 3 fully saturated rings. The van der Waals surface area contributed by atoms with Crippen molar-refractivity contribution in [2.75, 3.05) is 31.1 Å². The Bertz CT molecular complexity index is 539. The Morgan fingerprint density at radius 2 is 1.95 bits per heavy atom. The fourth-order valence-corrected chi connectivity index (χ4v) is 4.58. The molecule has 0 spiro atoms. The monoisotopic (exact) mass is 282 g/mol. The normalized spacial score (nSPS) is 32.3. The predicted octanol–water partition coefficient (Wildman–Crippen LogP) is 2.26. The van der Waals surface area contributed by atoms with Crippen LogP contribution in [0.1, 0.15) is 31.2 Å². The number of hydrogen-bond acceptors (Lipinski definition) is 4. The highest BCUT2D eigenvalue weighted by atomic mass is 15.3. The molecule has 2 saturated carbocycles. The zero-order chi connectivity index (χ0) is 14.2. The lowest BCUT2D eigenvalue weighted by Crippen LogP contribution is -2.52. The minimum atomic E-state index is 0.638. The number of hydrogen-bond donors (Lipinski definition) is 0. The van der Waals surface area contributed by atoms with Crippen molar-refractivity contribution >= 4 is 5.82 Å². The molecule has 4 heteroatoms. The highest BCUT2D eigenvalue weighted by Crippen LogP contribution is 2.46. The van der Waals surface area contributed by atoms with E-state index in [1.54, 1.807) is 6.20 Å². The molecule has 2 aliphatic carbocycles. The number of pyridine rings is 1. The maximum Gasteiger partial charge on any atom is 0.128 e. The van der Waals surface area contributed by atoms with Crippen molar-refractivity contribution < 1.29 is 0 Å². The smallest absolute Gasteiger partial charge is 0.128 e. The number of rotatable bonds is 2. The van der Waals surface area contributed by atoms with Gasteiger partial charge in [0, 0.05) is 38.4 Å². The van der Waals surface area contributed by atoms with Crippen LogP contribution in [0.15, 0.2) is 18.3 Å². The van der Waals surface area contributed by atoms with Gasteiger partial charge in [0.25, 0.3) is 0 Å². The molecule has 0 N–H and O–H groups in total. The van der Waals surface area contributed by atoms with Crippen LogP contribution in [0.3, 0.4) is 0 Å². The molecule has 1 saturated heterocycles. The molecule has 1 aliphatic heterocycles. The van der Waals surface area contributed by atoms with Gasteiger partial charge in [-0.1, -0.05) is 6.42 Å². The molecule has 3 atom stereocenters. The fraction of sp³-hybridized carbons (Fsp3) is 0.647. The minimum Gasteiger partial charge on any atom is -0.354 e. The third kappa shape index (κ3) is 2.40. The van der Waals surface area contributed by atoms with E-state index in [1.165, 1.54) is 25.7 Å². The summed E-state index contributed by atoms with van der Waals surface area (Å²) in [5.41, 5.74) is 0.638. The summed E-state index contributed by atoms with van der Waals surface area (Å²) in [6.07, 6.45) is 7.56. The first-order chi connectivity index (χ1) is 10.3. The molecule has 2 bridgehead atoms. The van der Waals surface area contributed by atoms with Crippen molar-refractivity contribution in [2.24, 2.45) is 11.8 Å². The number of fused-ring (bicyclic) bond motifs is 2. The topological polar surface area (TPSA) is 43.2 Å². The van der Waals surface area contributed by atoms with Crippen molar-refractivity contribution in [1.29, 1.82) is 5.26 Å². The quantitative estimate of drug-likeness (QED) is 0.834. The molecule has 21 heavy (non-hydrogen) atoms. The number of nitriles is 1. The number of nitrogens with zero attached hydrogens (tertiary/aromatic N) is 4. The Morgan fingerprint density at radius 3 is 2.52 bits per heavy atom. The Morgan fingerprint density at radius 1 is 1.10 bits per heavy atom. The van der Waals surface area contributed by atoms with Gasteiger partial charge < -0.3 is 4.90 Å². The zero-order valence-corrected chi connectivity index (χ0v) is 12.4. The molecule has 4 rings (SSSR count). The van der Waals surface area contributed by atoms with E-state index >= 15 is 0 Å². The molecule has 0 amide bonds. The first-order valence-corrected chi connectivity index (χ1v) is 8.18. The first kappa shape index (κ1) is 13.1. The SMILES string of the molecule is N#Cc1ccc(N2CCN(C3CC4CCC3C4)CC2)nc1. The van der Waals surface area contributed by atoms with Crippen LogP contribution < -0.4 is 4.90 Å². The average molecular weight is 282 g/mol. The van der Waals surface area contributed by atoms with Crippen LogP contribution >= 0.6 is 0 Å². The second-order valence-corrected chi connectivity index (χ2v) is 6.78. The van der Waals surface area contributed by atoms with E-state index in [0.29, 0.717) is 5.56 Å². The Kier molecular flexibility index (Phi) is 3.31. The predicted molar refractivity (Wildman–Crippen MR) is 82.0 cm³/mol. The summed E-state index contributed by atoms with van der Waals surface area (Å²) in [6.45, 7) is 4.45. The molecule has 1 aromatic heterocycles. The zero-order valence-electron chi connectivity index (χ0n) is 12.4. The lowest BCUT2D eigenvalue weighted by Gasteiger charge is -2.41. The highest BCUT2D eigenvalue weighted by Gasteiger charge is 2.42. The van der Waals surface area contributed by atoms with E-state index in [9.17, 15) is 0 Å².